The van der Waals surface area contributed by atoms with E-state index >= 15 is 0 Å². The number of sulfonamides is 1. The summed E-state index contributed by atoms with van der Waals surface area (Å²) >= 11 is 0.643. The highest BCUT2D eigenvalue weighted by Gasteiger charge is 2.46. The summed E-state index contributed by atoms with van der Waals surface area (Å²) in [6.45, 7) is 0. The first-order chi connectivity index (χ1) is 19.5. The third-order valence-corrected chi connectivity index (χ3v) is 9.04. The summed E-state index contributed by atoms with van der Waals surface area (Å²) in [6, 6.07) is 9.56. The standard InChI is InChI=1S/C25H19F2N9O3S2/c1-35(2)23(37)16-6-3-13(10-29-16)19-18-15-5-4-14(41(38,39)34-25(11-28)7-8-25)9-17(15)36(21(18)31-12-30-19)24-33-32-22(40-24)20(26)27/h3-6,9-10,12,20,34H,7-8H2,1-2H3. The van der Waals surface area contributed by atoms with E-state index in [1.807, 2.05) is 6.07 Å². The number of benzene rings is 1. The number of aromatic nitrogens is 6. The fraction of sp³-hybridized carbons (Fsp3) is 0.240. The van der Waals surface area contributed by atoms with Gasteiger partial charge in [0.1, 0.15) is 17.6 Å². The predicted octanol–water partition coefficient (Wildman–Crippen LogP) is 3.46. The molecular formula is C25H19F2N9O3S2. The lowest BCUT2D eigenvalue weighted by Gasteiger charge is -2.10. The number of carbonyl (C=O) groups excluding carboxylic acids is 1. The minimum atomic E-state index is -4.11. The minimum Gasteiger partial charge on any atom is -0.343 e. The summed E-state index contributed by atoms with van der Waals surface area (Å²) in [5, 5.41) is 17.4. The molecule has 1 fully saturated rings. The first kappa shape index (κ1) is 26.7. The number of carbonyl (C=O) groups is 1. The monoisotopic (exact) mass is 595 g/mol. The summed E-state index contributed by atoms with van der Waals surface area (Å²) in [4.78, 5) is 26.7. The molecule has 1 aromatic carbocycles. The summed E-state index contributed by atoms with van der Waals surface area (Å²) in [7, 11) is -0.879. The normalized spacial score (nSPS) is 14.4. The largest absolute Gasteiger partial charge is 0.343 e. The van der Waals surface area contributed by atoms with Crippen LogP contribution in [0.4, 0.5) is 8.78 Å². The Morgan fingerprint density at radius 1 is 1.17 bits per heavy atom. The Labute approximate surface area is 235 Å². The van der Waals surface area contributed by atoms with E-state index in [4.69, 9.17) is 0 Å². The second kappa shape index (κ2) is 9.58. The van der Waals surface area contributed by atoms with Crippen molar-refractivity contribution in [2.45, 2.75) is 29.7 Å². The van der Waals surface area contributed by atoms with E-state index in [1.165, 1.54) is 34.1 Å². The first-order valence-electron chi connectivity index (χ1n) is 12.1. The van der Waals surface area contributed by atoms with Crippen molar-refractivity contribution in [3.8, 4) is 22.5 Å². The van der Waals surface area contributed by atoms with Crippen molar-refractivity contribution >= 4 is 49.2 Å². The quantitative estimate of drug-likeness (QED) is 0.297. The molecule has 41 heavy (non-hydrogen) atoms. The topological polar surface area (TPSA) is 160 Å². The van der Waals surface area contributed by atoms with Crippen molar-refractivity contribution < 1.29 is 22.0 Å². The smallest absolute Gasteiger partial charge is 0.291 e. The van der Waals surface area contributed by atoms with E-state index < -0.39 is 27.0 Å². The second-order valence-corrected chi connectivity index (χ2v) is 12.3. The van der Waals surface area contributed by atoms with Gasteiger partial charge in [0.2, 0.25) is 15.2 Å². The van der Waals surface area contributed by atoms with Gasteiger partial charge in [0, 0.05) is 31.2 Å². The number of halogens is 2. The Morgan fingerprint density at radius 3 is 2.56 bits per heavy atom. The summed E-state index contributed by atoms with van der Waals surface area (Å²) in [6.07, 6.45) is 0.719. The van der Waals surface area contributed by atoms with Crippen LogP contribution in [0.2, 0.25) is 0 Å². The van der Waals surface area contributed by atoms with Crippen molar-refractivity contribution in [3.05, 3.63) is 53.6 Å². The molecule has 0 aliphatic heterocycles. The van der Waals surface area contributed by atoms with Crippen molar-refractivity contribution in [2.75, 3.05) is 14.1 Å². The fourth-order valence-electron chi connectivity index (χ4n) is 4.37. The van der Waals surface area contributed by atoms with E-state index in [0.717, 1.165) is 0 Å². The number of hydrogen-bond acceptors (Lipinski definition) is 10. The number of nitrogens with zero attached hydrogens (tertiary/aromatic N) is 8. The van der Waals surface area contributed by atoms with Crippen molar-refractivity contribution in [3.63, 3.8) is 0 Å². The molecule has 0 saturated heterocycles. The minimum absolute atomic E-state index is 0.0493. The molecule has 16 heteroatoms. The number of fused-ring (bicyclic) bond motifs is 3. The predicted molar refractivity (Wildman–Crippen MR) is 144 cm³/mol. The van der Waals surface area contributed by atoms with Crippen LogP contribution in [0.25, 0.3) is 38.3 Å². The maximum atomic E-state index is 13.4. The molecule has 0 atom stereocenters. The van der Waals surface area contributed by atoms with Gasteiger partial charge in [-0.1, -0.05) is 17.4 Å². The van der Waals surface area contributed by atoms with Crippen LogP contribution in [0.5, 0.6) is 0 Å². The van der Waals surface area contributed by atoms with Crippen molar-refractivity contribution in [1.82, 2.24) is 39.3 Å². The van der Waals surface area contributed by atoms with Gasteiger partial charge in [-0.2, -0.15) is 9.98 Å². The molecule has 0 spiro atoms. The lowest BCUT2D eigenvalue weighted by atomic mass is 10.1. The fourth-order valence-corrected chi connectivity index (χ4v) is 6.48. The van der Waals surface area contributed by atoms with Crippen LogP contribution < -0.4 is 4.72 Å². The molecule has 0 unspecified atom stereocenters. The maximum absolute atomic E-state index is 13.4. The number of hydrogen-bond donors (Lipinski definition) is 1. The number of pyridine rings is 1. The first-order valence-corrected chi connectivity index (χ1v) is 14.4. The van der Waals surface area contributed by atoms with E-state index in [0.29, 0.717) is 51.7 Å². The Kier molecular flexibility index (Phi) is 6.25. The average Bonchev–Trinajstić information content (AvgIpc) is 3.39. The van der Waals surface area contributed by atoms with Crippen LogP contribution in [0, 0.1) is 11.3 Å². The number of nitrogens with one attached hydrogen (secondary N) is 1. The molecule has 1 aliphatic rings. The third kappa shape index (κ3) is 4.57. The molecule has 208 valence electrons. The number of amides is 1. The van der Waals surface area contributed by atoms with Gasteiger partial charge in [0.05, 0.1) is 27.6 Å². The van der Waals surface area contributed by atoms with Gasteiger partial charge in [0.15, 0.2) is 10.7 Å². The second-order valence-electron chi connectivity index (χ2n) is 9.59. The Bertz CT molecular complexity index is 1990. The van der Waals surface area contributed by atoms with E-state index in [-0.39, 0.29) is 27.3 Å². The Balaban J connectivity index is 1.58. The molecule has 5 aromatic rings. The van der Waals surface area contributed by atoms with Crippen LogP contribution in [0.1, 0.15) is 34.8 Å². The van der Waals surface area contributed by atoms with Crippen LogP contribution in [-0.4, -0.2) is 68.6 Å². The van der Waals surface area contributed by atoms with Crippen LogP contribution >= 0.6 is 11.3 Å². The molecule has 1 amide bonds. The maximum Gasteiger partial charge on any atom is 0.291 e. The Hall–Kier alpha value is -4.46. The van der Waals surface area contributed by atoms with Gasteiger partial charge >= 0.3 is 0 Å². The van der Waals surface area contributed by atoms with Gasteiger partial charge in [-0.3, -0.25) is 14.3 Å². The summed E-state index contributed by atoms with van der Waals surface area (Å²) < 4.78 is 57.2. The van der Waals surface area contributed by atoms with Gasteiger partial charge in [-0.05, 0) is 37.1 Å². The molecule has 1 saturated carbocycles. The number of alkyl halides is 2. The number of nitriles is 1. The average molecular weight is 596 g/mol. The summed E-state index contributed by atoms with van der Waals surface area (Å²) in [5.41, 5.74) is 0.624. The molecule has 12 nitrogen and oxygen atoms in total. The lowest BCUT2D eigenvalue weighted by Crippen LogP contribution is -2.35. The van der Waals surface area contributed by atoms with E-state index in [9.17, 15) is 27.3 Å². The van der Waals surface area contributed by atoms with Crippen LogP contribution in [0.3, 0.4) is 0 Å². The van der Waals surface area contributed by atoms with Crippen molar-refractivity contribution in [2.24, 2.45) is 0 Å². The summed E-state index contributed by atoms with van der Waals surface area (Å²) in [5.74, 6) is -0.279. The molecule has 4 aromatic heterocycles. The molecule has 1 N–H and O–H groups in total. The van der Waals surface area contributed by atoms with Gasteiger partial charge in [0.25, 0.3) is 12.3 Å². The van der Waals surface area contributed by atoms with Crippen LogP contribution in [-0.2, 0) is 10.0 Å². The molecule has 4 heterocycles. The van der Waals surface area contributed by atoms with Crippen LogP contribution in [0.15, 0.2) is 47.8 Å². The Morgan fingerprint density at radius 2 is 1.95 bits per heavy atom. The molecule has 6 rings (SSSR count). The number of rotatable bonds is 7. The zero-order valence-electron chi connectivity index (χ0n) is 21.4. The molecule has 0 radical (unpaired) electrons. The highest BCUT2D eigenvalue weighted by Crippen LogP contribution is 2.40. The SMILES string of the molecule is CN(C)C(=O)c1ccc(-c2ncnc3c2c2ccc(S(=O)(=O)NC4(C#N)CC4)cc2n3-c2nnc(C(F)F)s2)cn1. The highest BCUT2D eigenvalue weighted by molar-refractivity contribution is 7.89. The highest BCUT2D eigenvalue weighted by atomic mass is 32.2. The lowest BCUT2D eigenvalue weighted by molar-refractivity contribution is 0.0822. The van der Waals surface area contributed by atoms with E-state index in [2.05, 4.69) is 29.9 Å². The zero-order valence-corrected chi connectivity index (χ0v) is 23.0. The zero-order chi connectivity index (χ0) is 29.1. The van der Waals surface area contributed by atoms with Gasteiger partial charge in [-0.15, -0.1) is 10.2 Å². The molecular weight excluding hydrogens is 576 g/mol. The molecule has 0 bridgehead atoms. The van der Waals surface area contributed by atoms with E-state index in [1.54, 1.807) is 32.3 Å². The van der Waals surface area contributed by atoms with Gasteiger partial charge in [-0.25, -0.2) is 27.2 Å². The van der Waals surface area contributed by atoms with Crippen molar-refractivity contribution in [1.29, 1.82) is 5.26 Å². The third-order valence-electron chi connectivity index (χ3n) is 6.59. The molecule has 1 aliphatic carbocycles. The van der Waals surface area contributed by atoms with Gasteiger partial charge < -0.3 is 4.90 Å².